The summed E-state index contributed by atoms with van der Waals surface area (Å²) in [5, 5.41) is 10.5. The number of nitriles is 1. The average molecular weight is 298 g/mol. The van der Waals surface area contributed by atoms with Gasteiger partial charge in [0.1, 0.15) is 0 Å². The number of halogens is 2. The van der Waals surface area contributed by atoms with E-state index < -0.39 is 0 Å². The number of nitrogens with zero attached hydrogens (tertiary/aromatic N) is 1. The van der Waals surface area contributed by atoms with E-state index in [-0.39, 0.29) is 5.92 Å². The highest BCUT2D eigenvalue weighted by atomic mass is 35.5. The summed E-state index contributed by atoms with van der Waals surface area (Å²) < 4.78 is 0. The zero-order valence-corrected chi connectivity index (χ0v) is 13.0. The van der Waals surface area contributed by atoms with Crippen molar-refractivity contribution in [2.24, 2.45) is 0 Å². The van der Waals surface area contributed by atoms with Gasteiger partial charge in [0.05, 0.1) is 12.0 Å². The second-order valence-corrected chi connectivity index (χ2v) is 5.75. The van der Waals surface area contributed by atoms with E-state index in [4.69, 9.17) is 23.2 Å². The van der Waals surface area contributed by atoms with Gasteiger partial charge in [0.25, 0.3) is 0 Å². The number of benzene rings is 1. The van der Waals surface area contributed by atoms with Crippen molar-refractivity contribution >= 4 is 23.2 Å². The number of unbranched alkanes of at least 4 members (excludes halogenated alkanes) is 5. The molecule has 0 bridgehead atoms. The first-order valence-corrected chi connectivity index (χ1v) is 7.79. The molecular weight excluding hydrogens is 277 g/mol. The van der Waals surface area contributed by atoms with E-state index in [2.05, 4.69) is 13.0 Å². The summed E-state index contributed by atoms with van der Waals surface area (Å²) in [6.45, 7) is 2.22. The van der Waals surface area contributed by atoms with Crippen LogP contribution in [0.25, 0.3) is 0 Å². The summed E-state index contributed by atoms with van der Waals surface area (Å²) in [5.74, 6) is -0.115. The molecule has 1 atom stereocenters. The minimum absolute atomic E-state index is 0.115. The Bertz CT molecular complexity index is 423. The van der Waals surface area contributed by atoms with Gasteiger partial charge in [-0.25, -0.2) is 0 Å². The average Bonchev–Trinajstić information content (AvgIpc) is 2.39. The molecule has 1 nitrogen and oxygen atoms in total. The Morgan fingerprint density at radius 2 is 1.79 bits per heavy atom. The SMILES string of the molecule is CCCCCCCC[C@H](C#N)c1ccc(Cl)cc1Cl. The van der Waals surface area contributed by atoms with E-state index in [9.17, 15) is 5.26 Å². The third-order valence-electron chi connectivity index (χ3n) is 3.34. The first kappa shape index (κ1) is 16.3. The van der Waals surface area contributed by atoms with Crippen LogP contribution in [0.3, 0.4) is 0 Å². The van der Waals surface area contributed by atoms with Gasteiger partial charge in [-0.1, -0.05) is 74.7 Å². The van der Waals surface area contributed by atoms with Crippen molar-refractivity contribution in [1.82, 2.24) is 0 Å². The zero-order valence-electron chi connectivity index (χ0n) is 11.5. The second kappa shape index (κ2) is 9.23. The molecule has 3 heteroatoms. The van der Waals surface area contributed by atoms with Gasteiger partial charge in [0.15, 0.2) is 0 Å². The molecule has 1 rings (SSSR count). The van der Waals surface area contributed by atoms with Crippen molar-refractivity contribution in [1.29, 1.82) is 5.26 Å². The van der Waals surface area contributed by atoms with Crippen LogP contribution >= 0.6 is 23.2 Å². The lowest BCUT2D eigenvalue weighted by Crippen LogP contribution is -1.97. The molecule has 0 aliphatic carbocycles. The van der Waals surface area contributed by atoms with E-state index in [1.54, 1.807) is 12.1 Å². The Morgan fingerprint density at radius 1 is 1.11 bits per heavy atom. The summed E-state index contributed by atoms with van der Waals surface area (Å²) in [7, 11) is 0. The molecule has 19 heavy (non-hydrogen) atoms. The Morgan fingerprint density at radius 3 is 2.42 bits per heavy atom. The molecule has 0 saturated heterocycles. The first-order valence-electron chi connectivity index (χ1n) is 7.03. The maximum absolute atomic E-state index is 9.27. The van der Waals surface area contributed by atoms with Crippen molar-refractivity contribution < 1.29 is 0 Å². The van der Waals surface area contributed by atoms with Gasteiger partial charge < -0.3 is 0 Å². The fraction of sp³-hybridized carbons (Fsp3) is 0.562. The van der Waals surface area contributed by atoms with Crippen LogP contribution in [-0.2, 0) is 0 Å². The van der Waals surface area contributed by atoms with Gasteiger partial charge in [0, 0.05) is 10.0 Å². The van der Waals surface area contributed by atoms with Crippen LogP contribution in [0.5, 0.6) is 0 Å². The second-order valence-electron chi connectivity index (χ2n) is 4.90. The maximum Gasteiger partial charge on any atom is 0.0727 e. The smallest absolute Gasteiger partial charge is 0.0727 e. The van der Waals surface area contributed by atoms with E-state index in [0.717, 1.165) is 18.4 Å². The topological polar surface area (TPSA) is 23.8 Å². The molecule has 0 N–H and O–H groups in total. The van der Waals surface area contributed by atoms with Gasteiger partial charge in [-0.3, -0.25) is 0 Å². The number of rotatable bonds is 8. The van der Waals surface area contributed by atoms with Crippen molar-refractivity contribution in [2.45, 2.75) is 57.8 Å². The Kier molecular flexibility index (Phi) is 7.94. The normalized spacial score (nSPS) is 12.1. The number of hydrogen-bond donors (Lipinski definition) is 0. The summed E-state index contributed by atoms with van der Waals surface area (Å²) in [4.78, 5) is 0. The molecule has 0 unspecified atom stereocenters. The van der Waals surface area contributed by atoms with Crippen molar-refractivity contribution in [3.8, 4) is 6.07 Å². The Hall–Kier alpha value is -0.710. The van der Waals surface area contributed by atoms with Crippen LogP contribution in [0.4, 0.5) is 0 Å². The molecule has 0 saturated carbocycles. The highest BCUT2D eigenvalue weighted by Crippen LogP contribution is 2.30. The molecule has 0 heterocycles. The molecule has 0 aliphatic heterocycles. The molecule has 1 aromatic carbocycles. The van der Waals surface area contributed by atoms with Crippen LogP contribution < -0.4 is 0 Å². The van der Waals surface area contributed by atoms with E-state index in [0.29, 0.717) is 10.0 Å². The first-order chi connectivity index (χ1) is 9.19. The molecule has 0 fully saturated rings. The minimum atomic E-state index is -0.115. The minimum Gasteiger partial charge on any atom is -0.198 e. The van der Waals surface area contributed by atoms with Crippen LogP contribution in [0.1, 0.15) is 63.4 Å². The molecular formula is C16H21Cl2N. The highest BCUT2D eigenvalue weighted by molar-refractivity contribution is 6.35. The molecule has 0 spiro atoms. The van der Waals surface area contributed by atoms with Crippen LogP contribution in [0.15, 0.2) is 18.2 Å². The van der Waals surface area contributed by atoms with Crippen LogP contribution in [0, 0.1) is 11.3 Å². The van der Waals surface area contributed by atoms with Gasteiger partial charge in [-0.05, 0) is 24.1 Å². The van der Waals surface area contributed by atoms with E-state index in [1.165, 1.54) is 32.1 Å². The maximum atomic E-state index is 9.27. The summed E-state index contributed by atoms with van der Waals surface area (Å²) in [6.07, 6.45) is 8.30. The summed E-state index contributed by atoms with van der Waals surface area (Å²) in [5.41, 5.74) is 0.905. The predicted octanol–water partition coefficient (Wildman–Crippen LogP) is 6.35. The van der Waals surface area contributed by atoms with Gasteiger partial charge in [-0.15, -0.1) is 0 Å². The fourth-order valence-corrected chi connectivity index (χ4v) is 2.74. The van der Waals surface area contributed by atoms with Crippen LogP contribution in [0.2, 0.25) is 10.0 Å². The fourth-order valence-electron chi connectivity index (χ4n) is 2.20. The molecule has 0 amide bonds. The van der Waals surface area contributed by atoms with Gasteiger partial charge in [-0.2, -0.15) is 5.26 Å². The van der Waals surface area contributed by atoms with Crippen molar-refractivity contribution in [2.75, 3.05) is 0 Å². The lowest BCUT2D eigenvalue weighted by atomic mass is 9.94. The molecule has 0 aromatic heterocycles. The molecule has 0 aliphatic rings. The lowest BCUT2D eigenvalue weighted by molar-refractivity contribution is 0.575. The summed E-state index contributed by atoms with van der Waals surface area (Å²) in [6, 6.07) is 7.74. The molecule has 1 aromatic rings. The van der Waals surface area contributed by atoms with Crippen LogP contribution in [-0.4, -0.2) is 0 Å². The number of hydrogen-bond acceptors (Lipinski definition) is 1. The highest BCUT2D eigenvalue weighted by Gasteiger charge is 2.13. The third kappa shape index (κ3) is 5.85. The Balaban J connectivity index is 2.43. The van der Waals surface area contributed by atoms with E-state index >= 15 is 0 Å². The molecule has 0 radical (unpaired) electrons. The van der Waals surface area contributed by atoms with Crippen molar-refractivity contribution in [3.63, 3.8) is 0 Å². The predicted molar refractivity (Wildman–Crippen MR) is 82.8 cm³/mol. The van der Waals surface area contributed by atoms with Gasteiger partial charge in [0.2, 0.25) is 0 Å². The van der Waals surface area contributed by atoms with Crippen molar-refractivity contribution in [3.05, 3.63) is 33.8 Å². The van der Waals surface area contributed by atoms with Gasteiger partial charge >= 0.3 is 0 Å². The standard InChI is InChI=1S/C16H21Cl2N/c1-2-3-4-5-6-7-8-13(12-19)15-10-9-14(17)11-16(15)18/h9-11,13H,2-8H2,1H3/t13-/m1/s1. The zero-order chi connectivity index (χ0) is 14.1. The third-order valence-corrected chi connectivity index (χ3v) is 3.90. The summed E-state index contributed by atoms with van der Waals surface area (Å²) >= 11 is 12.0. The quantitative estimate of drug-likeness (QED) is 0.513. The molecule has 104 valence electrons. The Labute approximate surface area is 126 Å². The largest absolute Gasteiger partial charge is 0.198 e. The lowest BCUT2D eigenvalue weighted by Gasteiger charge is -2.11. The van der Waals surface area contributed by atoms with E-state index in [1.807, 2.05) is 6.07 Å². The monoisotopic (exact) mass is 297 g/mol.